The van der Waals surface area contributed by atoms with Crippen LogP contribution in [0.25, 0.3) is 0 Å². The molecule has 2 rings (SSSR count). The maximum atomic E-state index is 11.8. The summed E-state index contributed by atoms with van der Waals surface area (Å²) in [4.78, 5) is 23.5. The first-order valence-corrected chi connectivity index (χ1v) is 7.59. The smallest absolute Gasteiger partial charge is 0.220 e. The van der Waals surface area contributed by atoms with Gasteiger partial charge in [0.15, 0.2) is 0 Å². The van der Waals surface area contributed by atoms with Crippen molar-refractivity contribution in [3.8, 4) is 0 Å². The first-order chi connectivity index (χ1) is 9.00. The van der Waals surface area contributed by atoms with Gasteiger partial charge in [0.25, 0.3) is 0 Å². The summed E-state index contributed by atoms with van der Waals surface area (Å²) in [5, 5.41) is 6.32. The molecule has 2 aliphatic rings. The maximum Gasteiger partial charge on any atom is 0.220 e. The van der Waals surface area contributed by atoms with Gasteiger partial charge in [-0.25, -0.2) is 0 Å². The third-order valence-corrected chi connectivity index (χ3v) is 4.76. The Hall–Kier alpha value is -1.06. The summed E-state index contributed by atoms with van der Waals surface area (Å²) in [5.74, 6) is 0.325. The Morgan fingerprint density at radius 1 is 0.842 bits per heavy atom. The largest absolute Gasteiger partial charge is 0.353 e. The van der Waals surface area contributed by atoms with Crippen LogP contribution in [0.15, 0.2) is 0 Å². The topological polar surface area (TPSA) is 58.2 Å². The maximum absolute atomic E-state index is 11.8. The van der Waals surface area contributed by atoms with E-state index in [1.165, 1.54) is 0 Å². The molecule has 0 bridgehead atoms. The normalized spacial score (nSPS) is 30.0. The summed E-state index contributed by atoms with van der Waals surface area (Å²) in [6.45, 7) is 4.36. The minimum Gasteiger partial charge on any atom is -0.353 e. The Morgan fingerprint density at radius 2 is 1.26 bits per heavy atom. The van der Waals surface area contributed by atoms with Crippen molar-refractivity contribution in [2.75, 3.05) is 0 Å². The van der Waals surface area contributed by atoms with Crippen LogP contribution < -0.4 is 10.6 Å². The highest BCUT2D eigenvalue weighted by Crippen LogP contribution is 2.33. The number of nitrogens with one attached hydrogen (secondary N) is 2. The first-order valence-electron chi connectivity index (χ1n) is 7.59. The van der Waals surface area contributed by atoms with Crippen molar-refractivity contribution in [2.24, 2.45) is 5.41 Å². The highest BCUT2D eigenvalue weighted by atomic mass is 16.2. The highest BCUT2D eigenvalue weighted by Gasteiger charge is 2.39. The molecule has 0 aliphatic carbocycles. The number of hydrogen-bond acceptors (Lipinski definition) is 2. The van der Waals surface area contributed by atoms with Crippen molar-refractivity contribution in [1.82, 2.24) is 10.6 Å². The standard InChI is InChI=1S/C15H26N2O2/c1-15(2,11-7-3-5-9-13(18)16-11)12-8-4-6-10-14(19)17-12/h11-12H,3-10H2,1-2H3,(H,16,18)(H,17,19). The van der Waals surface area contributed by atoms with Crippen LogP contribution >= 0.6 is 0 Å². The Kier molecular flexibility index (Phi) is 4.48. The van der Waals surface area contributed by atoms with E-state index in [2.05, 4.69) is 24.5 Å². The van der Waals surface area contributed by atoms with Gasteiger partial charge in [-0.05, 0) is 25.7 Å². The van der Waals surface area contributed by atoms with E-state index in [-0.39, 0.29) is 29.3 Å². The van der Waals surface area contributed by atoms with Crippen LogP contribution in [0.3, 0.4) is 0 Å². The second-order valence-electron chi connectivity index (χ2n) is 6.55. The molecule has 19 heavy (non-hydrogen) atoms. The van der Waals surface area contributed by atoms with Crippen LogP contribution in [0.1, 0.15) is 65.2 Å². The van der Waals surface area contributed by atoms with E-state index in [1.54, 1.807) is 0 Å². The summed E-state index contributed by atoms with van der Waals surface area (Å²) >= 11 is 0. The molecule has 2 saturated heterocycles. The molecule has 0 spiro atoms. The molecule has 2 amide bonds. The lowest BCUT2D eigenvalue weighted by Crippen LogP contribution is -2.55. The molecule has 108 valence electrons. The fourth-order valence-corrected chi connectivity index (χ4v) is 3.30. The Labute approximate surface area is 115 Å². The van der Waals surface area contributed by atoms with Gasteiger partial charge in [0.2, 0.25) is 11.8 Å². The molecule has 2 aliphatic heterocycles. The zero-order valence-corrected chi connectivity index (χ0v) is 12.1. The average Bonchev–Trinajstić information content (AvgIpc) is 2.69. The molecule has 0 aromatic rings. The van der Waals surface area contributed by atoms with E-state index in [9.17, 15) is 9.59 Å². The summed E-state index contributed by atoms with van der Waals surface area (Å²) < 4.78 is 0. The third kappa shape index (κ3) is 3.48. The molecular weight excluding hydrogens is 240 g/mol. The fraction of sp³-hybridized carbons (Fsp3) is 0.867. The van der Waals surface area contributed by atoms with E-state index in [1.807, 2.05) is 0 Å². The molecule has 2 fully saturated rings. The monoisotopic (exact) mass is 266 g/mol. The second kappa shape index (κ2) is 5.93. The molecule has 2 unspecified atom stereocenters. The van der Waals surface area contributed by atoms with Gasteiger partial charge in [-0.3, -0.25) is 9.59 Å². The molecule has 0 radical (unpaired) electrons. The molecule has 2 heterocycles. The van der Waals surface area contributed by atoms with E-state index in [0.29, 0.717) is 12.8 Å². The van der Waals surface area contributed by atoms with Crippen molar-refractivity contribution in [3.05, 3.63) is 0 Å². The molecule has 0 aromatic heterocycles. The number of amides is 2. The summed E-state index contributed by atoms with van der Waals surface area (Å²) in [6.07, 6.45) is 7.47. The van der Waals surface area contributed by atoms with Crippen LogP contribution in [0, 0.1) is 5.41 Å². The number of rotatable bonds is 2. The predicted octanol–water partition coefficient (Wildman–Crippen LogP) is 2.13. The van der Waals surface area contributed by atoms with E-state index in [4.69, 9.17) is 0 Å². The minimum atomic E-state index is -0.0833. The van der Waals surface area contributed by atoms with Crippen molar-refractivity contribution in [2.45, 2.75) is 77.3 Å². The Morgan fingerprint density at radius 3 is 1.68 bits per heavy atom. The van der Waals surface area contributed by atoms with Gasteiger partial charge in [0.1, 0.15) is 0 Å². The Balaban J connectivity index is 2.09. The molecule has 0 saturated carbocycles. The SMILES string of the molecule is CC(C)(C1CCCCC(=O)N1)C1CCCCC(=O)N1. The molecule has 2 atom stereocenters. The van der Waals surface area contributed by atoms with Gasteiger partial charge in [-0.2, -0.15) is 0 Å². The first kappa shape index (κ1) is 14.4. The van der Waals surface area contributed by atoms with E-state index in [0.717, 1.165) is 38.5 Å². The van der Waals surface area contributed by atoms with E-state index < -0.39 is 0 Å². The zero-order chi connectivity index (χ0) is 13.9. The van der Waals surface area contributed by atoms with Gasteiger partial charge < -0.3 is 10.6 Å². The summed E-state index contributed by atoms with van der Waals surface area (Å²) in [7, 11) is 0. The number of carbonyl (C=O) groups excluding carboxylic acids is 2. The van der Waals surface area contributed by atoms with Gasteiger partial charge in [0.05, 0.1) is 0 Å². The third-order valence-electron chi connectivity index (χ3n) is 4.76. The van der Waals surface area contributed by atoms with E-state index >= 15 is 0 Å². The van der Waals surface area contributed by atoms with Gasteiger partial charge >= 0.3 is 0 Å². The summed E-state index contributed by atoms with van der Waals surface area (Å²) in [6, 6.07) is 0.344. The lowest BCUT2D eigenvalue weighted by atomic mass is 9.74. The lowest BCUT2D eigenvalue weighted by molar-refractivity contribution is -0.123. The Bertz CT molecular complexity index is 320. The summed E-state index contributed by atoms with van der Waals surface area (Å²) in [5.41, 5.74) is -0.0833. The molecular formula is C15H26N2O2. The van der Waals surface area contributed by atoms with Crippen LogP contribution in [-0.4, -0.2) is 23.9 Å². The van der Waals surface area contributed by atoms with Gasteiger partial charge in [0, 0.05) is 30.3 Å². The van der Waals surface area contributed by atoms with Crippen molar-refractivity contribution >= 4 is 11.8 Å². The minimum absolute atomic E-state index is 0.0833. The molecule has 0 aromatic carbocycles. The molecule has 4 heteroatoms. The quantitative estimate of drug-likeness (QED) is 0.804. The van der Waals surface area contributed by atoms with Crippen LogP contribution in [0.4, 0.5) is 0 Å². The lowest BCUT2D eigenvalue weighted by Gasteiger charge is -2.41. The van der Waals surface area contributed by atoms with Crippen molar-refractivity contribution in [3.63, 3.8) is 0 Å². The number of hydrogen-bond donors (Lipinski definition) is 2. The van der Waals surface area contributed by atoms with Crippen molar-refractivity contribution in [1.29, 1.82) is 0 Å². The fourth-order valence-electron chi connectivity index (χ4n) is 3.30. The highest BCUT2D eigenvalue weighted by molar-refractivity contribution is 5.77. The molecule has 4 nitrogen and oxygen atoms in total. The predicted molar refractivity (Wildman–Crippen MR) is 74.6 cm³/mol. The number of carbonyl (C=O) groups is 2. The van der Waals surface area contributed by atoms with Gasteiger partial charge in [-0.1, -0.05) is 26.7 Å². The van der Waals surface area contributed by atoms with Gasteiger partial charge in [-0.15, -0.1) is 0 Å². The van der Waals surface area contributed by atoms with Crippen LogP contribution in [-0.2, 0) is 9.59 Å². The molecule has 2 N–H and O–H groups in total. The zero-order valence-electron chi connectivity index (χ0n) is 12.1. The van der Waals surface area contributed by atoms with Crippen LogP contribution in [0.5, 0.6) is 0 Å². The second-order valence-corrected chi connectivity index (χ2v) is 6.55. The average molecular weight is 266 g/mol. The van der Waals surface area contributed by atoms with Crippen molar-refractivity contribution < 1.29 is 9.59 Å². The van der Waals surface area contributed by atoms with Crippen LogP contribution in [0.2, 0.25) is 0 Å².